The lowest BCUT2D eigenvalue weighted by Crippen LogP contribution is -2.32. The Morgan fingerprint density at radius 1 is 1.17 bits per heavy atom. The normalized spacial score (nSPS) is 12.1. The molecule has 0 saturated carbocycles. The van der Waals surface area contributed by atoms with Gasteiger partial charge in [0, 0.05) is 18.0 Å². The maximum Gasteiger partial charge on any atom is 0.389 e. The van der Waals surface area contributed by atoms with Crippen molar-refractivity contribution in [2.45, 2.75) is 25.9 Å². The van der Waals surface area contributed by atoms with Gasteiger partial charge < -0.3 is 15.3 Å². The van der Waals surface area contributed by atoms with Crippen LogP contribution < -0.4 is 0 Å². The molecule has 0 fully saturated rings. The molecule has 0 bridgehead atoms. The number of hydrogen-bond donors (Lipinski definition) is 3. The maximum absolute atomic E-state index is 8.96. The lowest BCUT2D eigenvalue weighted by molar-refractivity contribution is -0.380. The van der Waals surface area contributed by atoms with Crippen molar-refractivity contribution in [3.05, 3.63) is 36.3 Å². The molecule has 0 aliphatic heterocycles. The highest BCUT2D eigenvalue weighted by Crippen LogP contribution is 2.20. The molecular formula is C12H15N3O3. The molecule has 0 saturated heterocycles. The zero-order valence-electron chi connectivity index (χ0n) is 10.1. The first-order valence-electron chi connectivity index (χ1n) is 5.56. The molecule has 0 unspecified atom stereocenters. The molecule has 0 aliphatic rings. The Hall–Kier alpha value is -1.76. The van der Waals surface area contributed by atoms with Gasteiger partial charge in [0.25, 0.3) is 0 Å². The van der Waals surface area contributed by atoms with Crippen molar-refractivity contribution in [3.63, 3.8) is 0 Å². The van der Waals surface area contributed by atoms with Gasteiger partial charge in [0.2, 0.25) is 0 Å². The summed E-state index contributed by atoms with van der Waals surface area (Å²) in [5.74, 6) is 0.397. The number of pyridine rings is 1. The Labute approximate surface area is 104 Å². The van der Waals surface area contributed by atoms with E-state index in [0.717, 1.165) is 5.56 Å². The second-order valence-electron chi connectivity index (χ2n) is 4.41. The molecule has 0 spiro atoms. The van der Waals surface area contributed by atoms with Gasteiger partial charge >= 0.3 is 6.10 Å². The molecule has 2 aromatic rings. The molecule has 0 aromatic carbocycles. The standard InChI is InChI=1S/C12H15N3O3/c1-8(2)9-3-4-11(13-5-9)10-6-14-15(7-10)12(16,17)18/h3-8,16-18H,1-2H3. The Morgan fingerprint density at radius 2 is 1.89 bits per heavy atom. The van der Waals surface area contributed by atoms with Crippen LogP contribution in [0.1, 0.15) is 25.3 Å². The Bertz CT molecular complexity index is 526. The molecular weight excluding hydrogens is 234 g/mol. The quantitative estimate of drug-likeness (QED) is 0.693. The second-order valence-corrected chi connectivity index (χ2v) is 4.41. The third kappa shape index (κ3) is 2.56. The van der Waals surface area contributed by atoms with Gasteiger partial charge in [-0.15, -0.1) is 0 Å². The summed E-state index contributed by atoms with van der Waals surface area (Å²) in [6, 6.07) is 3.78. The van der Waals surface area contributed by atoms with E-state index in [1.54, 1.807) is 6.20 Å². The average Bonchev–Trinajstić information content (AvgIpc) is 2.78. The van der Waals surface area contributed by atoms with Gasteiger partial charge in [-0.25, -0.2) is 0 Å². The zero-order valence-corrected chi connectivity index (χ0v) is 10.1. The molecule has 0 atom stereocenters. The van der Waals surface area contributed by atoms with Crippen molar-refractivity contribution in [3.8, 4) is 11.3 Å². The van der Waals surface area contributed by atoms with Crippen LogP contribution in [0.4, 0.5) is 0 Å². The molecule has 2 heterocycles. The zero-order chi connectivity index (χ0) is 13.3. The molecule has 96 valence electrons. The van der Waals surface area contributed by atoms with Crippen LogP contribution in [0.3, 0.4) is 0 Å². The third-order valence-electron chi connectivity index (χ3n) is 2.64. The highest BCUT2D eigenvalue weighted by atomic mass is 16.7. The maximum atomic E-state index is 8.96. The van der Waals surface area contributed by atoms with Crippen LogP contribution in [0.5, 0.6) is 0 Å². The fourth-order valence-electron chi connectivity index (χ4n) is 1.54. The van der Waals surface area contributed by atoms with E-state index in [9.17, 15) is 0 Å². The first-order valence-corrected chi connectivity index (χ1v) is 5.56. The number of hydrogen-bond acceptors (Lipinski definition) is 5. The van der Waals surface area contributed by atoms with Gasteiger partial charge in [-0.3, -0.25) is 4.98 Å². The Balaban J connectivity index is 2.29. The predicted octanol–water partition coefficient (Wildman–Crippen LogP) is 0.613. The second kappa shape index (κ2) is 4.49. The summed E-state index contributed by atoms with van der Waals surface area (Å²) >= 11 is 0. The molecule has 6 nitrogen and oxygen atoms in total. The van der Waals surface area contributed by atoms with Gasteiger partial charge in [-0.1, -0.05) is 19.9 Å². The van der Waals surface area contributed by atoms with Gasteiger partial charge in [-0.2, -0.15) is 9.78 Å². The van der Waals surface area contributed by atoms with E-state index < -0.39 is 6.10 Å². The van der Waals surface area contributed by atoms with Crippen LogP contribution in [-0.2, 0) is 6.10 Å². The summed E-state index contributed by atoms with van der Waals surface area (Å²) in [6.45, 7) is 4.15. The van der Waals surface area contributed by atoms with Crippen LogP contribution in [-0.4, -0.2) is 30.1 Å². The highest BCUT2D eigenvalue weighted by molar-refractivity contribution is 5.56. The lowest BCUT2D eigenvalue weighted by Gasteiger charge is -2.12. The van der Waals surface area contributed by atoms with E-state index in [1.807, 2.05) is 12.1 Å². The van der Waals surface area contributed by atoms with Crippen molar-refractivity contribution in [2.75, 3.05) is 0 Å². The molecule has 0 radical (unpaired) electrons. The summed E-state index contributed by atoms with van der Waals surface area (Å²) in [5, 5.41) is 30.5. The molecule has 0 amide bonds. The summed E-state index contributed by atoms with van der Waals surface area (Å²) in [4.78, 5) is 4.27. The molecule has 3 N–H and O–H groups in total. The Kier molecular flexibility index (Phi) is 3.16. The minimum Gasteiger partial charge on any atom is -0.324 e. The number of aromatic nitrogens is 3. The minimum absolute atomic E-state index is 0.397. The first-order chi connectivity index (χ1) is 8.38. The van der Waals surface area contributed by atoms with Crippen LogP contribution in [0, 0.1) is 0 Å². The summed E-state index contributed by atoms with van der Waals surface area (Å²) in [7, 11) is 0. The van der Waals surface area contributed by atoms with E-state index in [-0.39, 0.29) is 0 Å². The lowest BCUT2D eigenvalue weighted by atomic mass is 10.1. The monoisotopic (exact) mass is 249 g/mol. The van der Waals surface area contributed by atoms with Crippen LogP contribution in [0.25, 0.3) is 11.3 Å². The summed E-state index contributed by atoms with van der Waals surface area (Å²) < 4.78 is 0.639. The molecule has 2 rings (SSSR count). The van der Waals surface area contributed by atoms with Crippen LogP contribution >= 0.6 is 0 Å². The van der Waals surface area contributed by atoms with Crippen molar-refractivity contribution < 1.29 is 15.3 Å². The van der Waals surface area contributed by atoms with Crippen LogP contribution in [0.2, 0.25) is 0 Å². The predicted molar refractivity (Wildman–Crippen MR) is 64.2 cm³/mol. The fourth-order valence-corrected chi connectivity index (χ4v) is 1.54. The van der Waals surface area contributed by atoms with E-state index in [1.165, 1.54) is 12.4 Å². The summed E-state index contributed by atoms with van der Waals surface area (Å²) in [6.07, 6.45) is 1.48. The van der Waals surface area contributed by atoms with Gasteiger partial charge in [0.1, 0.15) is 0 Å². The third-order valence-corrected chi connectivity index (χ3v) is 2.64. The first kappa shape index (κ1) is 12.7. The van der Waals surface area contributed by atoms with Crippen LogP contribution in [0.15, 0.2) is 30.7 Å². The molecule has 18 heavy (non-hydrogen) atoms. The Morgan fingerprint density at radius 3 is 2.33 bits per heavy atom. The number of aliphatic hydroxyl groups is 3. The van der Waals surface area contributed by atoms with Gasteiger partial charge in [-0.05, 0) is 17.5 Å². The van der Waals surface area contributed by atoms with Crippen molar-refractivity contribution >= 4 is 0 Å². The minimum atomic E-state index is -2.99. The smallest absolute Gasteiger partial charge is 0.324 e. The largest absolute Gasteiger partial charge is 0.389 e. The van der Waals surface area contributed by atoms with E-state index >= 15 is 0 Å². The van der Waals surface area contributed by atoms with E-state index in [0.29, 0.717) is 21.9 Å². The van der Waals surface area contributed by atoms with Crippen molar-refractivity contribution in [1.82, 2.24) is 14.8 Å². The molecule has 0 aliphatic carbocycles. The van der Waals surface area contributed by atoms with Crippen molar-refractivity contribution in [2.24, 2.45) is 0 Å². The molecule has 2 aromatic heterocycles. The van der Waals surface area contributed by atoms with Gasteiger partial charge in [0.05, 0.1) is 11.9 Å². The summed E-state index contributed by atoms with van der Waals surface area (Å²) in [5.41, 5.74) is 2.36. The van der Waals surface area contributed by atoms with Gasteiger partial charge in [0.15, 0.2) is 0 Å². The van der Waals surface area contributed by atoms with Crippen molar-refractivity contribution in [1.29, 1.82) is 0 Å². The average molecular weight is 249 g/mol. The van der Waals surface area contributed by atoms with E-state index in [4.69, 9.17) is 15.3 Å². The number of rotatable bonds is 3. The topological polar surface area (TPSA) is 91.4 Å². The highest BCUT2D eigenvalue weighted by Gasteiger charge is 2.22. The molecule has 6 heteroatoms. The number of nitrogens with zero attached hydrogens (tertiary/aromatic N) is 3. The fraction of sp³-hybridized carbons (Fsp3) is 0.333. The van der Waals surface area contributed by atoms with E-state index in [2.05, 4.69) is 23.9 Å². The SMILES string of the molecule is CC(C)c1ccc(-c2cnn(C(O)(O)O)c2)nc1.